The van der Waals surface area contributed by atoms with Crippen LogP contribution in [0.3, 0.4) is 0 Å². The van der Waals surface area contributed by atoms with E-state index in [0.717, 1.165) is 24.2 Å². The van der Waals surface area contributed by atoms with Crippen molar-refractivity contribution < 1.29 is 9.32 Å². The molecule has 1 unspecified atom stereocenters. The van der Waals surface area contributed by atoms with Crippen LogP contribution in [-0.4, -0.2) is 43.9 Å². The minimum Gasteiger partial charge on any atom is -0.340 e. The fourth-order valence-corrected chi connectivity index (χ4v) is 2.73. The molecular formula is C14H20N6O2. The molecule has 0 radical (unpaired) electrons. The Morgan fingerprint density at radius 1 is 1.55 bits per heavy atom. The summed E-state index contributed by atoms with van der Waals surface area (Å²) in [6, 6.07) is -0.106. The largest absolute Gasteiger partial charge is 0.340 e. The fraction of sp³-hybridized carbons (Fsp3) is 0.571. The van der Waals surface area contributed by atoms with Crippen LogP contribution in [0, 0.1) is 6.92 Å². The Kier molecular flexibility index (Phi) is 3.82. The van der Waals surface area contributed by atoms with Crippen LogP contribution in [0.2, 0.25) is 0 Å². The Bertz CT molecular complexity index is 677. The number of aromatic nitrogens is 4. The van der Waals surface area contributed by atoms with Gasteiger partial charge in [0.05, 0.1) is 11.4 Å². The summed E-state index contributed by atoms with van der Waals surface area (Å²) in [6.45, 7) is 5.07. The Morgan fingerprint density at radius 2 is 2.36 bits per heavy atom. The summed E-state index contributed by atoms with van der Waals surface area (Å²) in [5.41, 5.74) is 1.66. The number of rotatable bonds is 3. The highest BCUT2D eigenvalue weighted by Crippen LogP contribution is 2.26. The van der Waals surface area contributed by atoms with E-state index in [4.69, 9.17) is 4.52 Å². The van der Waals surface area contributed by atoms with Crippen molar-refractivity contribution in [3.8, 4) is 0 Å². The molecule has 3 heterocycles. The van der Waals surface area contributed by atoms with Gasteiger partial charge >= 0.3 is 6.03 Å². The van der Waals surface area contributed by atoms with E-state index in [1.807, 2.05) is 20.2 Å². The van der Waals surface area contributed by atoms with Crippen LogP contribution < -0.4 is 5.32 Å². The van der Waals surface area contributed by atoms with Crippen molar-refractivity contribution in [2.45, 2.75) is 32.6 Å². The second-order valence-electron chi connectivity index (χ2n) is 5.55. The standard InChI is InChI=1S/C14H20N6O2/c1-4-11-12(8-19(3)17-11)16-14(21)20-6-5-10(7-20)13-15-9(2)22-18-13/h8,10H,4-7H2,1-3H3,(H,16,21). The van der Waals surface area contributed by atoms with Crippen LogP contribution in [-0.2, 0) is 13.5 Å². The van der Waals surface area contributed by atoms with Crippen molar-refractivity contribution in [1.82, 2.24) is 24.8 Å². The average molecular weight is 304 g/mol. The number of urea groups is 1. The molecule has 2 amide bonds. The maximum absolute atomic E-state index is 12.4. The maximum atomic E-state index is 12.4. The van der Waals surface area contributed by atoms with Gasteiger partial charge in [-0.15, -0.1) is 0 Å². The van der Waals surface area contributed by atoms with Crippen molar-refractivity contribution in [2.75, 3.05) is 18.4 Å². The quantitative estimate of drug-likeness (QED) is 0.932. The lowest BCUT2D eigenvalue weighted by molar-refractivity contribution is 0.222. The molecule has 0 aliphatic carbocycles. The normalized spacial score (nSPS) is 18.0. The van der Waals surface area contributed by atoms with E-state index in [2.05, 4.69) is 20.6 Å². The van der Waals surface area contributed by atoms with E-state index in [1.54, 1.807) is 16.5 Å². The lowest BCUT2D eigenvalue weighted by Crippen LogP contribution is -2.33. The zero-order valence-corrected chi connectivity index (χ0v) is 13.0. The second kappa shape index (κ2) is 5.78. The number of carbonyl (C=O) groups is 1. The highest BCUT2D eigenvalue weighted by molar-refractivity contribution is 5.90. The first-order valence-electron chi connectivity index (χ1n) is 7.45. The molecule has 118 valence electrons. The van der Waals surface area contributed by atoms with Crippen molar-refractivity contribution in [2.24, 2.45) is 7.05 Å². The van der Waals surface area contributed by atoms with Crippen LogP contribution in [0.5, 0.6) is 0 Å². The number of anilines is 1. The SMILES string of the molecule is CCc1nn(C)cc1NC(=O)N1CCC(c2noc(C)n2)C1. The van der Waals surface area contributed by atoms with Gasteiger partial charge in [-0.05, 0) is 12.8 Å². The van der Waals surface area contributed by atoms with Gasteiger partial charge in [0.1, 0.15) is 0 Å². The van der Waals surface area contributed by atoms with Gasteiger partial charge in [-0.25, -0.2) is 4.79 Å². The zero-order valence-electron chi connectivity index (χ0n) is 13.0. The molecule has 0 saturated carbocycles. The molecular weight excluding hydrogens is 284 g/mol. The molecule has 1 atom stereocenters. The van der Waals surface area contributed by atoms with E-state index >= 15 is 0 Å². The molecule has 3 rings (SSSR count). The summed E-state index contributed by atoms with van der Waals surface area (Å²) in [5.74, 6) is 1.38. The number of hydrogen-bond acceptors (Lipinski definition) is 5. The van der Waals surface area contributed by atoms with Gasteiger partial charge in [0.15, 0.2) is 5.82 Å². The van der Waals surface area contributed by atoms with Gasteiger partial charge in [-0.2, -0.15) is 10.1 Å². The third-order valence-corrected chi connectivity index (χ3v) is 3.87. The summed E-state index contributed by atoms with van der Waals surface area (Å²) in [7, 11) is 1.85. The number of amides is 2. The van der Waals surface area contributed by atoms with E-state index < -0.39 is 0 Å². The summed E-state index contributed by atoms with van der Waals surface area (Å²) >= 11 is 0. The minimum atomic E-state index is -0.106. The lowest BCUT2D eigenvalue weighted by Gasteiger charge is -2.16. The van der Waals surface area contributed by atoms with E-state index in [1.165, 1.54) is 0 Å². The van der Waals surface area contributed by atoms with Crippen LogP contribution in [0.15, 0.2) is 10.7 Å². The summed E-state index contributed by atoms with van der Waals surface area (Å²) in [6.07, 6.45) is 3.45. The molecule has 1 fully saturated rings. The molecule has 2 aromatic rings. The van der Waals surface area contributed by atoms with Crippen molar-refractivity contribution in [3.63, 3.8) is 0 Å². The van der Waals surface area contributed by atoms with Gasteiger partial charge in [0, 0.05) is 39.2 Å². The highest BCUT2D eigenvalue weighted by atomic mass is 16.5. The maximum Gasteiger partial charge on any atom is 0.321 e. The molecule has 1 aliphatic rings. The molecule has 2 aromatic heterocycles. The summed E-state index contributed by atoms with van der Waals surface area (Å²) < 4.78 is 6.72. The van der Waals surface area contributed by atoms with Crippen molar-refractivity contribution in [1.29, 1.82) is 0 Å². The molecule has 0 bridgehead atoms. The topological polar surface area (TPSA) is 89.1 Å². The highest BCUT2D eigenvalue weighted by Gasteiger charge is 2.30. The van der Waals surface area contributed by atoms with Gasteiger partial charge in [0.25, 0.3) is 0 Å². The molecule has 0 aromatic carbocycles. The molecule has 0 spiro atoms. The van der Waals surface area contributed by atoms with Crippen molar-refractivity contribution in [3.05, 3.63) is 23.6 Å². The molecule has 1 aliphatic heterocycles. The number of nitrogens with one attached hydrogen (secondary N) is 1. The first-order chi connectivity index (χ1) is 10.6. The average Bonchev–Trinajstić information content (AvgIpc) is 3.18. The molecule has 8 nitrogen and oxygen atoms in total. The molecule has 1 N–H and O–H groups in total. The first-order valence-corrected chi connectivity index (χ1v) is 7.45. The first kappa shape index (κ1) is 14.6. The van der Waals surface area contributed by atoms with Gasteiger partial charge in [-0.1, -0.05) is 12.1 Å². The van der Waals surface area contributed by atoms with E-state index in [0.29, 0.717) is 24.8 Å². The minimum absolute atomic E-state index is 0.106. The Morgan fingerprint density at radius 3 is 3.05 bits per heavy atom. The molecule has 8 heteroatoms. The smallest absolute Gasteiger partial charge is 0.321 e. The molecule has 22 heavy (non-hydrogen) atoms. The zero-order chi connectivity index (χ0) is 15.7. The lowest BCUT2D eigenvalue weighted by atomic mass is 10.1. The van der Waals surface area contributed by atoms with Crippen LogP contribution >= 0.6 is 0 Å². The summed E-state index contributed by atoms with van der Waals surface area (Å²) in [5, 5.41) is 11.2. The Balaban J connectivity index is 1.64. The number of nitrogens with zero attached hydrogens (tertiary/aromatic N) is 5. The van der Waals surface area contributed by atoms with Gasteiger partial charge in [-0.3, -0.25) is 4.68 Å². The fourth-order valence-electron chi connectivity index (χ4n) is 2.73. The number of carbonyl (C=O) groups excluding carboxylic acids is 1. The summed E-state index contributed by atoms with van der Waals surface area (Å²) in [4.78, 5) is 18.4. The predicted octanol–water partition coefficient (Wildman–Crippen LogP) is 1.70. The van der Waals surface area contributed by atoms with E-state index in [-0.39, 0.29) is 11.9 Å². The van der Waals surface area contributed by atoms with Crippen molar-refractivity contribution >= 4 is 11.7 Å². The van der Waals surface area contributed by atoms with Crippen LogP contribution in [0.25, 0.3) is 0 Å². The van der Waals surface area contributed by atoms with E-state index in [9.17, 15) is 4.79 Å². The number of likely N-dealkylation sites (tertiary alicyclic amines) is 1. The third-order valence-electron chi connectivity index (χ3n) is 3.87. The number of aryl methyl sites for hydroxylation is 3. The predicted molar refractivity (Wildman–Crippen MR) is 79.6 cm³/mol. The Labute approximate surface area is 128 Å². The molecule has 1 saturated heterocycles. The van der Waals surface area contributed by atoms with Gasteiger partial charge < -0.3 is 14.7 Å². The second-order valence-corrected chi connectivity index (χ2v) is 5.55. The van der Waals surface area contributed by atoms with Crippen LogP contribution in [0.4, 0.5) is 10.5 Å². The Hall–Kier alpha value is -2.38. The third kappa shape index (κ3) is 2.81. The monoisotopic (exact) mass is 304 g/mol. The van der Waals surface area contributed by atoms with Crippen LogP contribution in [0.1, 0.15) is 36.7 Å². The number of hydrogen-bond donors (Lipinski definition) is 1. The van der Waals surface area contributed by atoms with Gasteiger partial charge in [0.2, 0.25) is 5.89 Å².